The molecule has 18 heteroatoms. The molecule has 0 aliphatic carbocycles. The molecule has 1 nitrogen and oxygen atoms in total. The van der Waals surface area contributed by atoms with Crippen molar-refractivity contribution in [1.82, 2.24) is 0 Å². The first-order chi connectivity index (χ1) is 16.9. The topological polar surface area (TPSA) is 9.23 Å². The number of benzene rings is 1. The Morgan fingerprint density at radius 1 is 0.564 bits per heavy atom. The van der Waals surface area contributed by atoms with Gasteiger partial charge in [-0.05, 0) is 24.0 Å². The molecule has 1 aromatic rings. The van der Waals surface area contributed by atoms with Gasteiger partial charge in [0, 0.05) is 7.11 Å². The molecule has 0 spiro atoms. The molecule has 0 amide bonds. The highest BCUT2D eigenvalue weighted by Gasteiger charge is 2.95. The van der Waals surface area contributed by atoms with E-state index in [-0.39, 0.29) is 5.92 Å². The van der Waals surface area contributed by atoms with E-state index in [0.717, 1.165) is 12.1 Å². The van der Waals surface area contributed by atoms with E-state index >= 15 is 0 Å². The van der Waals surface area contributed by atoms with Crippen molar-refractivity contribution in [2.75, 3.05) is 7.11 Å². The molecule has 0 aliphatic heterocycles. The van der Waals surface area contributed by atoms with Crippen LogP contribution in [0.1, 0.15) is 44.2 Å². The van der Waals surface area contributed by atoms with Crippen molar-refractivity contribution >= 4 is 0 Å². The maximum absolute atomic E-state index is 14.5. The minimum atomic E-state index is -8.65. The lowest BCUT2D eigenvalue weighted by Gasteiger charge is -2.44. The fraction of sp³-hybridized carbons (Fsp3) is 0.714. The lowest BCUT2D eigenvalue weighted by atomic mass is 9.82. The van der Waals surface area contributed by atoms with Gasteiger partial charge >= 0.3 is 47.6 Å². The first-order valence-corrected chi connectivity index (χ1v) is 10.3. The lowest BCUT2D eigenvalue weighted by Crippen LogP contribution is -2.74. The zero-order valence-electron chi connectivity index (χ0n) is 19.9. The summed E-state index contributed by atoms with van der Waals surface area (Å²) in [5.74, 6) is -56.8. The maximum Gasteiger partial charge on any atom is 0.460 e. The fourth-order valence-corrected chi connectivity index (χ4v) is 3.24. The minimum Gasteiger partial charge on any atom is -0.374 e. The van der Waals surface area contributed by atoms with E-state index in [1.54, 1.807) is 13.8 Å². The summed E-state index contributed by atoms with van der Waals surface area (Å²) in [5.41, 5.74) is -2.72. The van der Waals surface area contributed by atoms with Crippen molar-refractivity contribution < 1.29 is 79.4 Å². The molecule has 0 radical (unpaired) electrons. The Hall–Kier alpha value is -2.01. The number of hydrogen-bond donors (Lipinski definition) is 0. The Morgan fingerprint density at radius 2 is 0.897 bits per heavy atom. The van der Waals surface area contributed by atoms with Gasteiger partial charge in [0.25, 0.3) is 0 Å². The average Bonchev–Trinajstić information content (AvgIpc) is 2.77. The van der Waals surface area contributed by atoms with E-state index in [9.17, 15) is 74.6 Å². The highest BCUT2D eigenvalue weighted by Crippen LogP contribution is 2.64. The zero-order chi connectivity index (χ0) is 31.5. The molecule has 1 rings (SSSR count). The number of halogens is 17. The van der Waals surface area contributed by atoms with Gasteiger partial charge in [-0.2, -0.15) is 74.6 Å². The molecule has 0 aromatic heterocycles. The van der Waals surface area contributed by atoms with Crippen molar-refractivity contribution in [3.63, 3.8) is 0 Å². The molecular formula is C21H19F17O. The van der Waals surface area contributed by atoms with Gasteiger partial charge in [0.1, 0.15) is 0 Å². The van der Waals surface area contributed by atoms with Crippen LogP contribution in [0.25, 0.3) is 0 Å². The summed E-state index contributed by atoms with van der Waals surface area (Å²) >= 11 is 0. The molecule has 1 aromatic carbocycles. The quantitative estimate of drug-likeness (QED) is 0.227. The van der Waals surface area contributed by atoms with Gasteiger partial charge in [-0.15, -0.1) is 0 Å². The fourth-order valence-electron chi connectivity index (χ4n) is 3.24. The summed E-state index contributed by atoms with van der Waals surface area (Å²) in [6, 6.07) is 4.40. The van der Waals surface area contributed by atoms with Gasteiger partial charge in [-0.1, -0.05) is 38.1 Å². The van der Waals surface area contributed by atoms with Crippen molar-refractivity contribution in [2.24, 2.45) is 0 Å². The molecule has 0 fully saturated rings. The van der Waals surface area contributed by atoms with Crippen molar-refractivity contribution in [1.29, 1.82) is 0 Å². The molecule has 1 atom stereocenters. The van der Waals surface area contributed by atoms with Crippen molar-refractivity contribution in [3.8, 4) is 0 Å². The van der Waals surface area contributed by atoms with E-state index < -0.39 is 65.2 Å². The summed E-state index contributed by atoms with van der Waals surface area (Å²) in [7, 11) is 0.561. The highest BCUT2D eigenvalue weighted by molar-refractivity contribution is 5.29. The van der Waals surface area contributed by atoms with E-state index in [1.807, 2.05) is 0 Å². The minimum absolute atomic E-state index is 0.177. The summed E-state index contributed by atoms with van der Waals surface area (Å²) in [5, 5.41) is 0. The second-order valence-electron chi connectivity index (χ2n) is 9.04. The van der Waals surface area contributed by atoms with E-state index in [4.69, 9.17) is 0 Å². The SMILES string of the molecule is COC(C)(CC(F)(F)C(F)(F)C(F)(F)C(F)(F)C(F)(F)C(F)(F)C(F)(F)C(F)(F)F)c1ccc(C(C)C)cc1. The molecule has 228 valence electrons. The third kappa shape index (κ3) is 5.13. The maximum atomic E-state index is 14.5. The Morgan fingerprint density at radius 3 is 1.21 bits per heavy atom. The number of methoxy groups -OCH3 is 1. The van der Waals surface area contributed by atoms with E-state index in [2.05, 4.69) is 4.74 Å². The van der Waals surface area contributed by atoms with Crippen LogP contribution in [0, 0.1) is 0 Å². The molecule has 0 N–H and O–H groups in total. The van der Waals surface area contributed by atoms with Crippen LogP contribution in [0.2, 0.25) is 0 Å². The largest absolute Gasteiger partial charge is 0.460 e. The Labute approximate surface area is 209 Å². The monoisotopic (exact) mass is 610 g/mol. The van der Waals surface area contributed by atoms with E-state index in [0.29, 0.717) is 19.6 Å². The van der Waals surface area contributed by atoms with Crippen LogP contribution in [-0.2, 0) is 10.3 Å². The normalized spacial score (nSPS) is 17.0. The van der Waals surface area contributed by atoms with Gasteiger partial charge in [0.15, 0.2) is 0 Å². The molecule has 1 unspecified atom stereocenters. The number of ether oxygens (including phenoxy) is 1. The van der Waals surface area contributed by atoms with Crippen LogP contribution in [-0.4, -0.2) is 54.7 Å². The highest BCUT2D eigenvalue weighted by atomic mass is 19.4. The predicted octanol–water partition coefficient (Wildman–Crippen LogP) is 9.07. The average molecular weight is 610 g/mol. The van der Waals surface area contributed by atoms with Crippen molar-refractivity contribution in [2.45, 2.75) is 86.3 Å². The molecule has 0 saturated carbocycles. The zero-order valence-corrected chi connectivity index (χ0v) is 19.9. The first kappa shape index (κ1) is 35.0. The van der Waals surface area contributed by atoms with Gasteiger partial charge < -0.3 is 4.74 Å². The molecule has 39 heavy (non-hydrogen) atoms. The third-order valence-electron chi connectivity index (χ3n) is 5.98. The second kappa shape index (κ2) is 9.82. The number of hydrogen-bond acceptors (Lipinski definition) is 1. The standard InChI is InChI=1S/C21H19F17O/c1-10(2)11-5-7-12(8-6-11)13(3,39-4)9-14(22,23)15(24,25)16(26,27)17(28,29)18(30,31)19(32,33)20(34,35)21(36,37)38/h5-8,10H,9H2,1-4H3. The van der Waals surface area contributed by atoms with E-state index in [1.165, 1.54) is 12.1 Å². The molecule has 0 saturated heterocycles. The molecule has 0 aliphatic rings. The van der Waals surface area contributed by atoms with Crippen LogP contribution in [0.3, 0.4) is 0 Å². The van der Waals surface area contributed by atoms with Gasteiger partial charge in [0.05, 0.1) is 12.0 Å². The van der Waals surface area contributed by atoms with Gasteiger partial charge in [0.2, 0.25) is 0 Å². The van der Waals surface area contributed by atoms with Crippen LogP contribution >= 0.6 is 0 Å². The molecule has 0 heterocycles. The number of alkyl halides is 17. The van der Waals surface area contributed by atoms with Crippen LogP contribution in [0.15, 0.2) is 24.3 Å². The summed E-state index contributed by atoms with van der Waals surface area (Å²) in [6.07, 6.45) is -10.5. The van der Waals surface area contributed by atoms with Crippen LogP contribution < -0.4 is 0 Å². The van der Waals surface area contributed by atoms with Crippen LogP contribution in [0.4, 0.5) is 74.6 Å². The smallest absolute Gasteiger partial charge is 0.374 e. The van der Waals surface area contributed by atoms with Crippen molar-refractivity contribution in [3.05, 3.63) is 35.4 Å². The van der Waals surface area contributed by atoms with Gasteiger partial charge in [-0.3, -0.25) is 0 Å². The number of rotatable bonds is 11. The molecule has 0 bridgehead atoms. The Bertz CT molecular complexity index is 995. The Kier molecular flexibility index (Phi) is 8.82. The third-order valence-corrected chi connectivity index (χ3v) is 5.98. The Balaban J connectivity index is 3.64. The summed E-state index contributed by atoms with van der Waals surface area (Å²) in [4.78, 5) is 0. The van der Waals surface area contributed by atoms with Gasteiger partial charge in [-0.25, -0.2) is 0 Å². The second-order valence-corrected chi connectivity index (χ2v) is 9.04. The summed E-state index contributed by atoms with van der Waals surface area (Å²) < 4.78 is 234. The van der Waals surface area contributed by atoms with Crippen LogP contribution in [0.5, 0.6) is 0 Å². The molecular weight excluding hydrogens is 591 g/mol. The predicted molar refractivity (Wildman–Crippen MR) is 100 cm³/mol. The summed E-state index contributed by atoms with van der Waals surface area (Å²) in [6.45, 7) is 3.86. The first-order valence-electron chi connectivity index (χ1n) is 10.3. The lowest BCUT2D eigenvalue weighted by molar-refractivity contribution is -0.462.